The molecule has 0 bridgehead atoms. The van der Waals surface area contributed by atoms with E-state index >= 15 is 0 Å². The van der Waals surface area contributed by atoms with Crippen LogP contribution in [0.15, 0.2) is 29.2 Å². The number of unbranched alkanes of at least 4 members (excludes halogenated alkanes) is 2. The molecule has 0 N–H and O–H groups in total. The molecule has 0 aliphatic heterocycles. The van der Waals surface area contributed by atoms with Crippen molar-refractivity contribution < 1.29 is 22.1 Å². The van der Waals surface area contributed by atoms with E-state index in [1.807, 2.05) is 13.8 Å². The Morgan fingerprint density at radius 3 is 2.43 bits per heavy atom. The minimum atomic E-state index is -3.93. The third-order valence-electron chi connectivity index (χ3n) is 3.16. The van der Waals surface area contributed by atoms with Crippen LogP contribution in [-0.4, -0.2) is 33.0 Å². The molecule has 0 amide bonds. The Kier molecular flexibility index (Phi) is 8.58. The lowest BCUT2D eigenvalue weighted by molar-refractivity contribution is -0.145. The Bertz CT molecular complexity index is 583. The predicted molar refractivity (Wildman–Crippen MR) is 89.1 cm³/mol. The number of aryl methyl sites for hydroxylation is 1. The van der Waals surface area contributed by atoms with E-state index in [1.165, 1.54) is 12.1 Å². The van der Waals surface area contributed by atoms with Gasteiger partial charge in [0.05, 0.1) is 10.8 Å². The number of alkyl halides is 1. The second-order valence-corrected chi connectivity index (χ2v) is 7.16. The van der Waals surface area contributed by atoms with Crippen molar-refractivity contribution in [3.8, 4) is 0 Å². The van der Waals surface area contributed by atoms with Gasteiger partial charge in [0, 0.05) is 6.42 Å². The minimum absolute atomic E-state index is 0.0486. The van der Waals surface area contributed by atoms with Crippen molar-refractivity contribution in [2.75, 3.05) is 12.5 Å². The van der Waals surface area contributed by atoms with Gasteiger partial charge in [-0.25, -0.2) is 0 Å². The van der Waals surface area contributed by atoms with E-state index in [4.69, 9.17) is 20.5 Å². The molecular formula is C16H23ClO5S. The molecule has 0 aliphatic carbocycles. The van der Waals surface area contributed by atoms with Crippen LogP contribution in [0.1, 0.15) is 38.2 Å². The zero-order chi connectivity index (χ0) is 17.3. The summed E-state index contributed by atoms with van der Waals surface area (Å²) in [7, 11) is -3.93. The molecule has 0 aliphatic rings. The topological polar surface area (TPSA) is 69.7 Å². The molecule has 1 rings (SSSR count). The summed E-state index contributed by atoms with van der Waals surface area (Å²) in [5.74, 6) is -0.460. The third kappa shape index (κ3) is 7.33. The van der Waals surface area contributed by atoms with Crippen LogP contribution in [-0.2, 0) is 23.8 Å². The largest absolute Gasteiger partial charge is 0.463 e. The van der Waals surface area contributed by atoms with E-state index in [2.05, 4.69) is 0 Å². The normalized spacial score (nSPS) is 12.8. The summed E-state index contributed by atoms with van der Waals surface area (Å²) in [5.41, 5.74) is 0.943. The number of hydrogen-bond donors (Lipinski definition) is 0. The smallest absolute Gasteiger partial charge is 0.305 e. The van der Waals surface area contributed by atoms with Crippen molar-refractivity contribution in [1.82, 2.24) is 0 Å². The standard InChI is InChI=1S/C16H23ClO5S/c1-3-4-5-6-16(18)21-12-14(11-17)22-23(19,20)15-9-7-13(2)8-10-15/h7-10,14H,3-6,11-12H2,1-2H3/t14-/m0/s1. The first-order valence-corrected chi connectivity index (χ1v) is 9.55. The van der Waals surface area contributed by atoms with Gasteiger partial charge in [0.25, 0.3) is 10.1 Å². The monoisotopic (exact) mass is 362 g/mol. The van der Waals surface area contributed by atoms with Gasteiger partial charge in [-0.3, -0.25) is 8.98 Å². The van der Waals surface area contributed by atoms with E-state index in [1.54, 1.807) is 12.1 Å². The van der Waals surface area contributed by atoms with Crippen LogP contribution >= 0.6 is 11.6 Å². The summed E-state index contributed by atoms with van der Waals surface area (Å²) in [5, 5.41) is 0. The second-order valence-electron chi connectivity index (χ2n) is 5.28. The van der Waals surface area contributed by atoms with Crippen LogP contribution < -0.4 is 0 Å². The molecule has 1 aromatic carbocycles. The average molecular weight is 363 g/mol. The molecule has 1 aromatic rings. The zero-order valence-electron chi connectivity index (χ0n) is 13.5. The fourth-order valence-corrected chi connectivity index (χ4v) is 3.10. The summed E-state index contributed by atoms with van der Waals surface area (Å²) < 4.78 is 34.4. The van der Waals surface area contributed by atoms with Crippen LogP contribution in [0, 0.1) is 6.92 Å². The van der Waals surface area contributed by atoms with Gasteiger partial charge in [-0.15, -0.1) is 11.6 Å². The Hall–Kier alpha value is -1.11. The highest BCUT2D eigenvalue weighted by atomic mass is 35.5. The highest BCUT2D eigenvalue weighted by Crippen LogP contribution is 2.16. The number of esters is 1. The van der Waals surface area contributed by atoms with Crippen molar-refractivity contribution >= 4 is 27.7 Å². The molecule has 0 saturated heterocycles. The van der Waals surface area contributed by atoms with Gasteiger partial charge in [0.15, 0.2) is 0 Å². The maximum Gasteiger partial charge on any atom is 0.305 e. The van der Waals surface area contributed by atoms with E-state index in [0.717, 1.165) is 24.8 Å². The summed E-state index contributed by atoms with van der Waals surface area (Å²) in [4.78, 5) is 11.6. The van der Waals surface area contributed by atoms with Gasteiger partial charge in [-0.05, 0) is 25.5 Å². The van der Waals surface area contributed by atoms with Crippen molar-refractivity contribution in [3.05, 3.63) is 29.8 Å². The number of rotatable bonds is 10. The minimum Gasteiger partial charge on any atom is -0.463 e. The van der Waals surface area contributed by atoms with Crippen LogP contribution in [0.3, 0.4) is 0 Å². The maximum atomic E-state index is 12.1. The second kappa shape index (κ2) is 9.90. The summed E-state index contributed by atoms with van der Waals surface area (Å²) in [6, 6.07) is 6.29. The van der Waals surface area contributed by atoms with Crippen LogP contribution in [0.2, 0.25) is 0 Å². The van der Waals surface area contributed by atoms with E-state index < -0.39 is 16.2 Å². The first kappa shape index (κ1) is 19.9. The Morgan fingerprint density at radius 2 is 1.87 bits per heavy atom. The quantitative estimate of drug-likeness (QED) is 0.276. The van der Waals surface area contributed by atoms with Crippen molar-refractivity contribution in [2.24, 2.45) is 0 Å². The van der Waals surface area contributed by atoms with Gasteiger partial charge in [0.1, 0.15) is 12.7 Å². The van der Waals surface area contributed by atoms with Crippen molar-refractivity contribution in [2.45, 2.75) is 50.5 Å². The number of hydrogen-bond acceptors (Lipinski definition) is 5. The zero-order valence-corrected chi connectivity index (χ0v) is 15.0. The number of carbonyl (C=O) groups excluding carboxylic acids is 1. The fourth-order valence-electron chi connectivity index (χ4n) is 1.82. The molecule has 0 aromatic heterocycles. The molecule has 0 unspecified atom stereocenters. The van der Waals surface area contributed by atoms with E-state index in [9.17, 15) is 13.2 Å². The fraction of sp³-hybridized carbons (Fsp3) is 0.562. The van der Waals surface area contributed by atoms with Crippen LogP contribution in [0.4, 0.5) is 0 Å². The Labute approximate surface area is 143 Å². The van der Waals surface area contributed by atoms with Gasteiger partial charge < -0.3 is 4.74 Å². The van der Waals surface area contributed by atoms with E-state index in [0.29, 0.717) is 6.42 Å². The molecule has 0 heterocycles. The van der Waals surface area contributed by atoms with Crippen molar-refractivity contribution in [3.63, 3.8) is 0 Å². The van der Waals surface area contributed by atoms with Crippen molar-refractivity contribution in [1.29, 1.82) is 0 Å². The molecule has 130 valence electrons. The Balaban J connectivity index is 2.54. The lowest BCUT2D eigenvalue weighted by Crippen LogP contribution is -2.27. The summed E-state index contributed by atoms with van der Waals surface area (Å²) in [6.07, 6.45) is 2.12. The predicted octanol–water partition coefficient (Wildman–Crippen LogP) is 3.43. The molecule has 0 saturated carbocycles. The lowest BCUT2D eigenvalue weighted by atomic mass is 10.2. The van der Waals surface area contributed by atoms with Gasteiger partial charge in [0.2, 0.25) is 0 Å². The molecule has 0 radical (unpaired) electrons. The van der Waals surface area contributed by atoms with Crippen LogP contribution in [0.25, 0.3) is 0 Å². The molecule has 0 fully saturated rings. The number of ether oxygens (including phenoxy) is 1. The molecule has 7 heteroatoms. The maximum absolute atomic E-state index is 12.1. The third-order valence-corrected chi connectivity index (χ3v) is 4.88. The number of benzene rings is 1. The first-order chi connectivity index (χ1) is 10.9. The summed E-state index contributed by atoms with van der Waals surface area (Å²) >= 11 is 5.72. The SMILES string of the molecule is CCCCCC(=O)OC[C@H](CCl)OS(=O)(=O)c1ccc(C)cc1. The van der Waals surface area contributed by atoms with Gasteiger partial charge >= 0.3 is 5.97 Å². The highest BCUT2D eigenvalue weighted by Gasteiger charge is 2.22. The molecular weight excluding hydrogens is 340 g/mol. The lowest BCUT2D eigenvalue weighted by Gasteiger charge is -2.15. The van der Waals surface area contributed by atoms with Gasteiger partial charge in [-0.2, -0.15) is 8.42 Å². The molecule has 0 spiro atoms. The number of carbonyl (C=O) groups is 1. The van der Waals surface area contributed by atoms with Crippen LogP contribution in [0.5, 0.6) is 0 Å². The first-order valence-electron chi connectivity index (χ1n) is 7.60. The Morgan fingerprint density at radius 1 is 1.22 bits per heavy atom. The van der Waals surface area contributed by atoms with Gasteiger partial charge in [-0.1, -0.05) is 37.5 Å². The molecule has 1 atom stereocenters. The molecule has 23 heavy (non-hydrogen) atoms. The highest BCUT2D eigenvalue weighted by molar-refractivity contribution is 7.86. The molecule has 5 nitrogen and oxygen atoms in total. The summed E-state index contributed by atoms with van der Waals surface area (Å²) in [6.45, 7) is 3.72. The van der Waals surface area contributed by atoms with E-state index in [-0.39, 0.29) is 23.4 Å². The average Bonchev–Trinajstić information content (AvgIpc) is 2.52. The number of halogens is 1.